The van der Waals surface area contributed by atoms with Crippen molar-refractivity contribution in [2.24, 2.45) is 0 Å². The van der Waals surface area contributed by atoms with Crippen LogP contribution < -0.4 is 0 Å². The van der Waals surface area contributed by atoms with E-state index in [1.54, 1.807) is 24.7 Å². The Balaban J connectivity index is 0.000000531. The summed E-state index contributed by atoms with van der Waals surface area (Å²) < 4.78 is 0. The van der Waals surface area contributed by atoms with Gasteiger partial charge in [0.2, 0.25) is 0 Å². The predicted molar refractivity (Wildman–Crippen MR) is 61.3 cm³/mol. The van der Waals surface area contributed by atoms with Gasteiger partial charge >= 0.3 is 0 Å². The van der Waals surface area contributed by atoms with Crippen molar-refractivity contribution in [3.63, 3.8) is 0 Å². The molecule has 78 valence electrons. The third-order valence-electron chi connectivity index (χ3n) is 1.74. The lowest BCUT2D eigenvalue weighted by Crippen LogP contribution is -1.88. The molecule has 0 N–H and O–H groups in total. The molecule has 0 bridgehead atoms. The van der Waals surface area contributed by atoms with E-state index in [0.717, 1.165) is 17.1 Å². The summed E-state index contributed by atoms with van der Waals surface area (Å²) >= 11 is 0. The summed E-state index contributed by atoms with van der Waals surface area (Å²) in [7, 11) is 0. The topological polar surface area (TPSA) is 38.7 Å². The first-order valence-electron chi connectivity index (χ1n) is 5.06. The van der Waals surface area contributed by atoms with Crippen LogP contribution >= 0.6 is 0 Å². The van der Waals surface area contributed by atoms with Gasteiger partial charge in [-0.15, -0.1) is 0 Å². The van der Waals surface area contributed by atoms with Gasteiger partial charge in [0.05, 0.1) is 0 Å². The molecule has 0 aliphatic rings. The van der Waals surface area contributed by atoms with Crippen molar-refractivity contribution in [1.29, 1.82) is 0 Å². The fourth-order valence-electron chi connectivity index (χ4n) is 1.05. The van der Waals surface area contributed by atoms with E-state index in [0.29, 0.717) is 0 Å². The number of aromatic nitrogens is 3. The Labute approximate surface area is 90.2 Å². The molecule has 0 radical (unpaired) electrons. The minimum absolute atomic E-state index is 0.718. The van der Waals surface area contributed by atoms with Gasteiger partial charge in [-0.05, 0) is 25.1 Å². The highest BCUT2D eigenvalue weighted by Gasteiger charge is 1.98. The molecule has 0 aromatic carbocycles. The van der Waals surface area contributed by atoms with Crippen LogP contribution in [0.5, 0.6) is 0 Å². The lowest BCUT2D eigenvalue weighted by molar-refractivity contribution is 1.14. The second-order valence-corrected chi connectivity index (χ2v) is 2.76. The number of rotatable bonds is 1. The average molecular weight is 201 g/mol. The van der Waals surface area contributed by atoms with E-state index < -0.39 is 0 Å². The van der Waals surface area contributed by atoms with Crippen molar-refractivity contribution in [2.45, 2.75) is 20.8 Å². The molecule has 2 heterocycles. The van der Waals surface area contributed by atoms with E-state index in [2.05, 4.69) is 15.0 Å². The van der Waals surface area contributed by atoms with Crippen molar-refractivity contribution in [2.75, 3.05) is 0 Å². The minimum atomic E-state index is 0.718. The molecule has 0 saturated heterocycles. The van der Waals surface area contributed by atoms with Crippen LogP contribution in [0.3, 0.4) is 0 Å². The molecule has 0 spiro atoms. The van der Waals surface area contributed by atoms with Crippen LogP contribution in [-0.2, 0) is 0 Å². The summed E-state index contributed by atoms with van der Waals surface area (Å²) in [5.74, 6) is 0.718. The van der Waals surface area contributed by atoms with Crippen LogP contribution in [0.1, 0.15) is 19.5 Å². The fraction of sp³-hybridized carbons (Fsp3) is 0.250. The molecule has 2 aromatic rings. The van der Waals surface area contributed by atoms with Crippen LogP contribution in [0, 0.1) is 6.92 Å². The monoisotopic (exact) mass is 201 g/mol. The van der Waals surface area contributed by atoms with Gasteiger partial charge < -0.3 is 0 Å². The Morgan fingerprint density at radius 2 is 1.60 bits per heavy atom. The normalized spacial score (nSPS) is 9.00. The van der Waals surface area contributed by atoms with Crippen molar-refractivity contribution in [3.05, 3.63) is 42.5 Å². The van der Waals surface area contributed by atoms with Crippen LogP contribution in [0.15, 0.2) is 36.8 Å². The van der Waals surface area contributed by atoms with E-state index in [1.165, 1.54) is 0 Å². The molecular formula is C12H15N3. The molecule has 3 heteroatoms. The molecule has 0 amide bonds. The quantitative estimate of drug-likeness (QED) is 0.712. The molecular weight excluding hydrogens is 186 g/mol. The van der Waals surface area contributed by atoms with Crippen molar-refractivity contribution in [1.82, 2.24) is 15.0 Å². The lowest BCUT2D eigenvalue weighted by Gasteiger charge is -1.97. The molecule has 0 atom stereocenters. The van der Waals surface area contributed by atoms with Gasteiger partial charge in [-0.2, -0.15) is 0 Å². The first-order valence-corrected chi connectivity index (χ1v) is 5.06. The second-order valence-electron chi connectivity index (χ2n) is 2.76. The van der Waals surface area contributed by atoms with E-state index in [4.69, 9.17) is 0 Å². The number of aryl methyl sites for hydroxylation is 1. The van der Waals surface area contributed by atoms with Gasteiger partial charge in [0.1, 0.15) is 0 Å². The van der Waals surface area contributed by atoms with Gasteiger partial charge in [-0.25, -0.2) is 9.97 Å². The average Bonchev–Trinajstić information content (AvgIpc) is 2.34. The number of nitrogens with zero attached hydrogens (tertiary/aromatic N) is 3. The minimum Gasteiger partial charge on any atom is -0.261 e. The number of pyridine rings is 1. The van der Waals surface area contributed by atoms with E-state index >= 15 is 0 Å². The summed E-state index contributed by atoms with van der Waals surface area (Å²) in [5.41, 5.74) is 1.95. The zero-order chi connectivity index (χ0) is 11.1. The number of hydrogen-bond acceptors (Lipinski definition) is 3. The first kappa shape index (κ1) is 11.3. The fourth-order valence-corrected chi connectivity index (χ4v) is 1.05. The van der Waals surface area contributed by atoms with E-state index in [-0.39, 0.29) is 0 Å². The molecule has 2 rings (SSSR count). The van der Waals surface area contributed by atoms with Crippen LogP contribution in [0.4, 0.5) is 0 Å². The van der Waals surface area contributed by atoms with Gasteiger partial charge in [-0.1, -0.05) is 13.8 Å². The lowest BCUT2D eigenvalue weighted by atomic mass is 10.2. The van der Waals surface area contributed by atoms with E-state index in [9.17, 15) is 0 Å². The molecule has 0 aliphatic carbocycles. The maximum absolute atomic E-state index is 4.18. The first-order chi connectivity index (χ1) is 7.36. The summed E-state index contributed by atoms with van der Waals surface area (Å²) in [6, 6.07) is 5.72. The van der Waals surface area contributed by atoms with Crippen LogP contribution in [-0.4, -0.2) is 15.0 Å². The largest absolute Gasteiger partial charge is 0.261 e. The van der Waals surface area contributed by atoms with Gasteiger partial charge in [0, 0.05) is 29.8 Å². The van der Waals surface area contributed by atoms with Crippen LogP contribution in [0.25, 0.3) is 11.4 Å². The van der Waals surface area contributed by atoms with Crippen molar-refractivity contribution in [3.8, 4) is 11.4 Å². The van der Waals surface area contributed by atoms with Crippen molar-refractivity contribution < 1.29 is 0 Å². The second kappa shape index (κ2) is 5.86. The standard InChI is InChI=1S/C10H9N3.C2H6/c1-8-3-4-9(7-13-8)10-11-5-2-6-12-10;1-2/h2-7H,1H3;1-2H3. The molecule has 0 saturated carbocycles. The SMILES string of the molecule is CC.Cc1ccc(-c2ncccn2)cn1. The van der Waals surface area contributed by atoms with Crippen molar-refractivity contribution >= 4 is 0 Å². The maximum Gasteiger partial charge on any atom is 0.160 e. The van der Waals surface area contributed by atoms with Crippen LogP contribution in [0.2, 0.25) is 0 Å². The molecule has 2 aromatic heterocycles. The molecule has 15 heavy (non-hydrogen) atoms. The zero-order valence-electron chi connectivity index (χ0n) is 9.31. The van der Waals surface area contributed by atoms with Gasteiger partial charge in [0.25, 0.3) is 0 Å². The molecule has 0 fully saturated rings. The van der Waals surface area contributed by atoms with Gasteiger partial charge in [0.15, 0.2) is 5.82 Å². The third kappa shape index (κ3) is 3.13. The summed E-state index contributed by atoms with van der Waals surface area (Å²) in [5, 5.41) is 0. The zero-order valence-corrected chi connectivity index (χ0v) is 9.31. The highest BCUT2D eigenvalue weighted by Crippen LogP contribution is 2.11. The summed E-state index contributed by atoms with van der Waals surface area (Å²) in [6.45, 7) is 5.95. The van der Waals surface area contributed by atoms with Gasteiger partial charge in [-0.3, -0.25) is 4.98 Å². The summed E-state index contributed by atoms with van der Waals surface area (Å²) in [4.78, 5) is 12.4. The Kier molecular flexibility index (Phi) is 4.41. The third-order valence-corrected chi connectivity index (χ3v) is 1.74. The Hall–Kier alpha value is -1.77. The van der Waals surface area contributed by atoms with E-state index in [1.807, 2.05) is 32.9 Å². The molecule has 0 unspecified atom stereocenters. The smallest absolute Gasteiger partial charge is 0.160 e. The Morgan fingerprint density at radius 3 is 2.13 bits per heavy atom. The molecule has 0 aliphatic heterocycles. The Morgan fingerprint density at radius 1 is 0.933 bits per heavy atom. The Bertz CT molecular complexity index is 381. The highest BCUT2D eigenvalue weighted by atomic mass is 14.9. The molecule has 3 nitrogen and oxygen atoms in total. The maximum atomic E-state index is 4.18. The highest BCUT2D eigenvalue weighted by molar-refractivity contribution is 5.52. The summed E-state index contributed by atoms with van der Waals surface area (Å²) in [6.07, 6.45) is 5.23. The predicted octanol–water partition coefficient (Wildman–Crippen LogP) is 2.87. The number of hydrogen-bond donors (Lipinski definition) is 0.